The van der Waals surface area contributed by atoms with Crippen LogP contribution in [0.3, 0.4) is 0 Å². The number of fused-ring (bicyclic) bond motifs is 1. The van der Waals surface area contributed by atoms with Crippen molar-refractivity contribution >= 4 is 11.9 Å². The smallest absolute Gasteiger partial charge is 0.331 e. The molecule has 0 fully saturated rings. The number of carbonyl (C=O) groups is 2. The zero-order chi connectivity index (χ0) is 14.5. The van der Waals surface area contributed by atoms with Crippen LogP contribution >= 0.6 is 0 Å². The molecule has 0 bridgehead atoms. The van der Waals surface area contributed by atoms with E-state index in [0.717, 1.165) is 5.56 Å². The molecule has 0 aromatic heterocycles. The largest absolute Gasteiger partial charge is 0.479 e. The van der Waals surface area contributed by atoms with E-state index in [1.807, 2.05) is 12.1 Å². The molecule has 108 valence electrons. The van der Waals surface area contributed by atoms with E-state index in [4.69, 9.17) is 10.5 Å². The first-order valence-corrected chi connectivity index (χ1v) is 6.53. The third-order valence-corrected chi connectivity index (χ3v) is 3.33. The van der Waals surface area contributed by atoms with E-state index in [0.29, 0.717) is 25.1 Å². The van der Waals surface area contributed by atoms with Gasteiger partial charge in [-0.2, -0.15) is 0 Å². The zero-order valence-corrected chi connectivity index (χ0v) is 11.1. The molecule has 1 aliphatic rings. The minimum absolute atomic E-state index is 0.136. The Labute approximate surface area is 117 Å². The van der Waals surface area contributed by atoms with E-state index in [1.54, 1.807) is 12.1 Å². The van der Waals surface area contributed by atoms with Gasteiger partial charge in [0.2, 0.25) is 5.91 Å². The first-order valence-electron chi connectivity index (χ1n) is 6.53. The van der Waals surface area contributed by atoms with E-state index in [9.17, 15) is 14.7 Å². The van der Waals surface area contributed by atoms with E-state index in [2.05, 4.69) is 0 Å². The standard InChI is InChI=1S/C14H18N2O4/c15-6-8-20-9-12(17)16-7-5-10-3-1-2-4-11(10)13(16)14(18)19/h1-4,13H,5-9,15H2,(H,18,19). The molecule has 0 saturated heterocycles. The molecule has 1 atom stereocenters. The third-order valence-electron chi connectivity index (χ3n) is 3.33. The molecular formula is C14H18N2O4. The number of rotatable bonds is 5. The van der Waals surface area contributed by atoms with Crippen molar-refractivity contribution in [2.45, 2.75) is 12.5 Å². The summed E-state index contributed by atoms with van der Waals surface area (Å²) in [6, 6.07) is 6.38. The summed E-state index contributed by atoms with van der Waals surface area (Å²) in [5.41, 5.74) is 6.95. The summed E-state index contributed by atoms with van der Waals surface area (Å²) >= 11 is 0. The van der Waals surface area contributed by atoms with Crippen LogP contribution in [-0.2, 0) is 20.7 Å². The van der Waals surface area contributed by atoms with Crippen LogP contribution in [0.25, 0.3) is 0 Å². The summed E-state index contributed by atoms with van der Waals surface area (Å²) in [5, 5.41) is 9.42. The van der Waals surface area contributed by atoms with Crippen molar-refractivity contribution in [2.24, 2.45) is 5.73 Å². The Bertz CT molecular complexity index is 504. The van der Waals surface area contributed by atoms with E-state index in [-0.39, 0.29) is 19.1 Å². The number of nitrogens with zero attached hydrogens (tertiary/aromatic N) is 1. The van der Waals surface area contributed by atoms with Crippen molar-refractivity contribution in [3.8, 4) is 0 Å². The van der Waals surface area contributed by atoms with Crippen LogP contribution in [-0.4, -0.2) is 48.2 Å². The molecule has 1 aromatic carbocycles. The number of hydrogen-bond acceptors (Lipinski definition) is 4. The number of carbonyl (C=O) groups excluding carboxylic acids is 1. The Morgan fingerprint density at radius 1 is 1.40 bits per heavy atom. The second-order valence-electron chi connectivity index (χ2n) is 4.62. The van der Waals surface area contributed by atoms with Gasteiger partial charge in [-0.25, -0.2) is 4.79 Å². The van der Waals surface area contributed by atoms with Gasteiger partial charge in [-0.05, 0) is 17.5 Å². The Morgan fingerprint density at radius 3 is 2.85 bits per heavy atom. The molecule has 6 nitrogen and oxygen atoms in total. The average Bonchev–Trinajstić information content (AvgIpc) is 2.45. The molecule has 3 N–H and O–H groups in total. The average molecular weight is 278 g/mol. The molecule has 0 spiro atoms. The first-order chi connectivity index (χ1) is 9.65. The lowest BCUT2D eigenvalue weighted by molar-refractivity contribution is -0.153. The molecule has 0 saturated carbocycles. The number of carboxylic acid groups (broad SMARTS) is 1. The van der Waals surface area contributed by atoms with E-state index in [1.165, 1.54) is 4.90 Å². The van der Waals surface area contributed by atoms with Crippen LogP contribution < -0.4 is 5.73 Å². The van der Waals surface area contributed by atoms with Gasteiger partial charge in [0.05, 0.1) is 6.61 Å². The van der Waals surface area contributed by atoms with Gasteiger partial charge in [0.15, 0.2) is 6.04 Å². The monoisotopic (exact) mass is 278 g/mol. The summed E-state index contributed by atoms with van der Waals surface area (Å²) < 4.78 is 5.10. The summed E-state index contributed by atoms with van der Waals surface area (Å²) in [4.78, 5) is 25.0. The molecule has 1 aromatic rings. The van der Waals surface area contributed by atoms with Crippen molar-refractivity contribution in [2.75, 3.05) is 26.3 Å². The molecule has 1 heterocycles. The van der Waals surface area contributed by atoms with Crippen LogP contribution in [0, 0.1) is 0 Å². The quantitative estimate of drug-likeness (QED) is 0.749. The summed E-state index contributed by atoms with van der Waals surface area (Å²) in [6.45, 7) is 0.869. The van der Waals surface area contributed by atoms with Crippen LogP contribution in [0.2, 0.25) is 0 Å². The Kier molecular flexibility index (Phi) is 4.70. The lowest BCUT2D eigenvalue weighted by atomic mass is 9.92. The third kappa shape index (κ3) is 2.97. The van der Waals surface area contributed by atoms with Gasteiger partial charge in [-0.1, -0.05) is 24.3 Å². The Morgan fingerprint density at radius 2 is 2.15 bits per heavy atom. The Balaban J connectivity index is 2.18. The molecule has 1 amide bonds. The second-order valence-corrected chi connectivity index (χ2v) is 4.62. The lowest BCUT2D eigenvalue weighted by Gasteiger charge is -2.34. The molecule has 1 unspecified atom stereocenters. The van der Waals surface area contributed by atoms with Gasteiger partial charge < -0.3 is 20.5 Å². The van der Waals surface area contributed by atoms with Crippen LogP contribution in [0.4, 0.5) is 0 Å². The maximum atomic E-state index is 12.1. The fourth-order valence-corrected chi connectivity index (χ4v) is 2.43. The minimum atomic E-state index is -1.02. The zero-order valence-electron chi connectivity index (χ0n) is 11.1. The van der Waals surface area contributed by atoms with Gasteiger partial charge in [-0.15, -0.1) is 0 Å². The first kappa shape index (κ1) is 14.5. The highest BCUT2D eigenvalue weighted by molar-refractivity contribution is 5.86. The van der Waals surface area contributed by atoms with Gasteiger partial charge in [0.25, 0.3) is 0 Å². The Hall–Kier alpha value is -1.92. The molecule has 20 heavy (non-hydrogen) atoms. The highest BCUT2D eigenvalue weighted by Gasteiger charge is 2.35. The van der Waals surface area contributed by atoms with Gasteiger partial charge >= 0.3 is 5.97 Å². The molecule has 0 radical (unpaired) electrons. The fourth-order valence-electron chi connectivity index (χ4n) is 2.43. The number of nitrogens with two attached hydrogens (primary N) is 1. The molecule has 0 aliphatic carbocycles. The summed E-state index contributed by atoms with van der Waals surface area (Å²) in [6.07, 6.45) is 0.655. The number of carboxylic acids is 1. The van der Waals surface area contributed by atoms with Crippen LogP contribution in [0.1, 0.15) is 17.2 Å². The van der Waals surface area contributed by atoms with Crippen molar-refractivity contribution < 1.29 is 19.4 Å². The summed E-state index contributed by atoms with van der Waals surface area (Å²) in [5.74, 6) is -1.34. The number of ether oxygens (including phenoxy) is 1. The number of hydrogen-bond donors (Lipinski definition) is 2. The lowest BCUT2D eigenvalue weighted by Crippen LogP contribution is -2.45. The molecule has 6 heteroatoms. The number of aliphatic carboxylic acids is 1. The maximum absolute atomic E-state index is 12.1. The van der Waals surface area contributed by atoms with Crippen molar-refractivity contribution in [1.82, 2.24) is 4.90 Å². The highest BCUT2D eigenvalue weighted by Crippen LogP contribution is 2.29. The van der Waals surface area contributed by atoms with Crippen LogP contribution in [0.15, 0.2) is 24.3 Å². The molecule has 1 aliphatic heterocycles. The number of benzene rings is 1. The predicted molar refractivity (Wildman–Crippen MR) is 72.1 cm³/mol. The van der Waals surface area contributed by atoms with Gasteiger partial charge in [0.1, 0.15) is 6.61 Å². The molecular weight excluding hydrogens is 260 g/mol. The van der Waals surface area contributed by atoms with Crippen molar-refractivity contribution in [3.63, 3.8) is 0 Å². The maximum Gasteiger partial charge on any atom is 0.331 e. The van der Waals surface area contributed by atoms with E-state index >= 15 is 0 Å². The second kappa shape index (κ2) is 6.49. The van der Waals surface area contributed by atoms with E-state index < -0.39 is 12.0 Å². The normalized spacial score (nSPS) is 17.6. The van der Waals surface area contributed by atoms with Crippen molar-refractivity contribution in [3.05, 3.63) is 35.4 Å². The van der Waals surface area contributed by atoms with Crippen molar-refractivity contribution in [1.29, 1.82) is 0 Å². The SMILES string of the molecule is NCCOCC(=O)N1CCc2ccccc2C1C(=O)O. The minimum Gasteiger partial charge on any atom is -0.479 e. The predicted octanol–water partition coefficient (Wildman–Crippen LogP) is 0.172. The number of amides is 1. The topological polar surface area (TPSA) is 92.9 Å². The fraction of sp³-hybridized carbons (Fsp3) is 0.429. The summed E-state index contributed by atoms with van der Waals surface area (Å²) in [7, 11) is 0. The highest BCUT2D eigenvalue weighted by atomic mass is 16.5. The molecule has 2 rings (SSSR count). The van der Waals surface area contributed by atoms with Gasteiger partial charge in [0, 0.05) is 13.1 Å². The van der Waals surface area contributed by atoms with Crippen LogP contribution in [0.5, 0.6) is 0 Å². The van der Waals surface area contributed by atoms with Gasteiger partial charge in [-0.3, -0.25) is 4.79 Å².